The molecule has 3 heterocycles. The molecule has 2 aliphatic heterocycles. The van der Waals surface area contributed by atoms with Crippen molar-refractivity contribution in [1.82, 2.24) is 15.1 Å². The summed E-state index contributed by atoms with van der Waals surface area (Å²) in [6, 6.07) is 11.9. The monoisotopic (exact) mass is 434 g/mol. The highest BCUT2D eigenvalue weighted by Gasteiger charge is 2.41. The van der Waals surface area contributed by atoms with Gasteiger partial charge in [-0.15, -0.1) is 0 Å². The largest absolute Gasteiger partial charge is 0.381 e. The van der Waals surface area contributed by atoms with Crippen molar-refractivity contribution in [3.63, 3.8) is 0 Å². The van der Waals surface area contributed by atoms with Gasteiger partial charge in [0.2, 0.25) is 5.91 Å². The fourth-order valence-corrected chi connectivity index (χ4v) is 5.98. The summed E-state index contributed by atoms with van der Waals surface area (Å²) in [5.74, 6) is 3.26. The van der Waals surface area contributed by atoms with Crippen LogP contribution in [0.2, 0.25) is 0 Å². The SMILES string of the molecule is CC(=O)Nc1ccc(-c2ccc(CC3C[C@@H]4CN(CC5CCOCC5)C[C@@H]4C3)nn2)cc1. The van der Waals surface area contributed by atoms with Crippen LogP contribution in [0.5, 0.6) is 0 Å². The molecule has 1 saturated carbocycles. The first-order valence-electron chi connectivity index (χ1n) is 12.1. The Balaban J connectivity index is 1.11. The molecular weight excluding hydrogens is 400 g/mol. The van der Waals surface area contributed by atoms with Gasteiger partial charge in [0.1, 0.15) is 0 Å². The number of nitrogens with one attached hydrogen (secondary N) is 1. The van der Waals surface area contributed by atoms with Crippen LogP contribution < -0.4 is 5.32 Å². The third-order valence-corrected chi connectivity index (χ3v) is 7.50. The third kappa shape index (κ3) is 5.18. The summed E-state index contributed by atoms with van der Waals surface area (Å²) in [5.41, 5.74) is 3.78. The maximum absolute atomic E-state index is 11.2. The minimum Gasteiger partial charge on any atom is -0.381 e. The first-order valence-corrected chi connectivity index (χ1v) is 12.1. The van der Waals surface area contributed by atoms with Crippen LogP contribution in [-0.2, 0) is 16.0 Å². The van der Waals surface area contributed by atoms with Crippen LogP contribution in [0.15, 0.2) is 36.4 Å². The van der Waals surface area contributed by atoms with Crippen LogP contribution in [0, 0.1) is 23.7 Å². The molecule has 1 aromatic heterocycles. The van der Waals surface area contributed by atoms with Crippen molar-refractivity contribution >= 4 is 11.6 Å². The van der Waals surface area contributed by atoms with Crippen molar-refractivity contribution in [2.75, 3.05) is 38.2 Å². The lowest BCUT2D eigenvalue weighted by Crippen LogP contribution is -2.31. The molecule has 2 aromatic rings. The van der Waals surface area contributed by atoms with Crippen LogP contribution in [0.3, 0.4) is 0 Å². The van der Waals surface area contributed by atoms with Gasteiger partial charge >= 0.3 is 0 Å². The van der Waals surface area contributed by atoms with E-state index in [-0.39, 0.29) is 5.91 Å². The van der Waals surface area contributed by atoms with Gasteiger partial charge in [0, 0.05) is 51.0 Å². The number of carbonyl (C=O) groups excluding carboxylic acids is 1. The molecule has 3 aliphatic rings. The molecule has 3 atom stereocenters. The maximum atomic E-state index is 11.2. The lowest BCUT2D eigenvalue weighted by Gasteiger charge is -2.27. The number of nitrogens with zero attached hydrogens (tertiary/aromatic N) is 3. The van der Waals surface area contributed by atoms with Gasteiger partial charge in [0.15, 0.2) is 0 Å². The average Bonchev–Trinajstić information content (AvgIpc) is 3.33. The maximum Gasteiger partial charge on any atom is 0.221 e. The molecule has 1 N–H and O–H groups in total. The molecule has 1 unspecified atom stereocenters. The van der Waals surface area contributed by atoms with E-state index in [1.54, 1.807) is 0 Å². The summed E-state index contributed by atoms with van der Waals surface area (Å²) < 4.78 is 5.52. The number of likely N-dealkylation sites (tertiary alicyclic amines) is 1. The minimum atomic E-state index is -0.0648. The number of rotatable bonds is 6. The topological polar surface area (TPSA) is 67.4 Å². The molecule has 6 nitrogen and oxygen atoms in total. The lowest BCUT2D eigenvalue weighted by atomic mass is 9.98. The Labute approximate surface area is 190 Å². The van der Waals surface area contributed by atoms with E-state index in [1.807, 2.05) is 24.3 Å². The van der Waals surface area contributed by atoms with E-state index in [9.17, 15) is 4.79 Å². The highest BCUT2D eigenvalue weighted by Crippen LogP contribution is 2.43. The summed E-state index contributed by atoms with van der Waals surface area (Å²) in [6.45, 7) is 7.28. The summed E-state index contributed by atoms with van der Waals surface area (Å²) in [5, 5.41) is 11.8. The zero-order chi connectivity index (χ0) is 21.9. The van der Waals surface area contributed by atoms with Crippen LogP contribution in [0.1, 0.15) is 38.3 Å². The van der Waals surface area contributed by atoms with E-state index >= 15 is 0 Å². The molecule has 3 fully saturated rings. The standard InChI is InChI=1S/C26H34N4O2/c1-18(31)27-24-4-2-21(3-5-24)26-7-6-25(28-29-26)14-20-12-22-16-30(17-23(22)13-20)15-19-8-10-32-11-9-19/h2-7,19-20,22-23H,8-17H2,1H3,(H,27,31)/t20?,22-,23+. The van der Waals surface area contributed by atoms with Gasteiger partial charge in [-0.2, -0.15) is 10.2 Å². The Morgan fingerprint density at radius 1 is 1.00 bits per heavy atom. The van der Waals surface area contributed by atoms with Crippen LogP contribution in [-0.4, -0.2) is 53.9 Å². The molecule has 2 saturated heterocycles. The number of benzene rings is 1. The van der Waals surface area contributed by atoms with E-state index < -0.39 is 0 Å². The summed E-state index contributed by atoms with van der Waals surface area (Å²) >= 11 is 0. The molecular formula is C26H34N4O2. The van der Waals surface area contributed by atoms with Crippen LogP contribution in [0.25, 0.3) is 11.3 Å². The summed E-state index contributed by atoms with van der Waals surface area (Å²) in [7, 11) is 0. The van der Waals surface area contributed by atoms with Crippen molar-refractivity contribution in [3.05, 3.63) is 42.1 Å². The number of amides is 1. The fourth-order valence-electron chi connectivity index (χ4n) is 5.98. The first kappa shape index (κ1) is 21.5. The number of hydrogen-bond acceptors (Lipinski definition) is 5. The normalized spacial score (nSPS) is 26.2. The molecule has 1 aromatic carbocycles. The Hall–Kier alpha value is -2.31. The molecule has 32 heavy (non-hydrogen) atoms. The van der Waals surface area contributed by atoms with Gasteiger partial charge in [0.25, 0.3) is 0 Å². The minimum absolute atomic E-state index is 0.0648. The van der Waals surface area contributed by atoms with E-state index in [1.165, 1.54) is 52.2 Å². The third-order valence-electron chi connectivity index (χ3n) is 7.50. The van der Waals surface area contributed by atoms with Crippen molar-refractivity contribution in [2.45, 2.75) is 39.0 Å². The van der Waals surface area contributed by atoms with Gasteiger partial charge in [-0.05, 0) is 80.0 Å². The van der Waals surface area contributed by atoms with E-state index in [4.69, 9.17) is 4.74 Å². The van der Waals surface area contributed by atoms with Gasteiger partial charge < -0.3 is 15.0 Å². The smallest absolute Gasteiger partial charge is 0.221 e. The second kappa shape index (κ2) is 9.67. The predicted octanol–water partition coefficient (Wildman–Crippen LogP) is 4.03. The zero-order valence-corrected chi connectivity index (χ0v) is 19.0. The zero-order valence-electron chi connectivity index (χ0n) is 19.0. The van der Waals surface area contributed by atoms with E-state index in [0.717, 1.165) is 65.9 Å². The Kier molecular flexibility index (Phi) is 6.51. The Bertz CT molecular complexity index is 894. The molecule has 6 heteroatoms. The summed E-state index contributed by atoms with van der Waals surface area (Å²) in [4.78, 5) is 13.9. The molecule has 0 bridgehead atoms. The van der Waals surface area contributed by atoms with Gasteiger partial charge in [-0.1, -0.05) is 12.1 Å². The predicted molar refractivity (Wildman–Crippen MR) is 125 cm³/mol. The highest BCUT2D eigenvalue weighted by atomic mass is 16.5. The van der Waals surface area contributed by atoms with Crippen molar-refractivity contribution in [3.8, 4) is 11.3 Å². The summed E-state index contributed by atoms with van der Waals surface area (Å²) in [6.07, 6.45) is 6.19. The molecule has 1 aliphatic carbocycles. The van der Waals surface area contributed by atoms with Crippen molar-refractivity contribution in [2.24, 2.45) is 23.7 Å². The molecule has 170 valence electrons. The lowest BCUT2D eigenvalue weighted by molar-refractivity contribution is -0.114. The Morgan fingerprint density at radius 2 is 1.72 bits per heavy atom. The van der Waals surface area contributed by atoms with Crippen molar-refractivity contribution < 1.29 is 9.53 Å². The Morgan fingerprint density at radius 3 is 2.34 bits per heavy atom. The van der Waals surface area contributed by atoms with Crippen molar-refractivity contribution in [1.29, 1.82) is 0 Å². The van der Waals surface area contributed by atoms with Gasteiger partial charge in [-0.3, -0.25) is 4.79 Å². The van der Waals surface area contributed by atoms with E-state index in [0.29, 0.717) is 0 Å². The van der Waals surface area contributed by atoms with E-state index in [2.05, 4.69) is 32.5 Å². The quantitative estimate of drug-likeness (QED) is 0.744. The molecule has 0 radical (unpaired) electrons. The number of aromatic nitrogens is 2. The van der Waals surface area contributed by atoms with Crippen LogP contribution in [0.4, 0.5) is 5.69 Å². The number of hydrogen-bond donors (Lipinski definition) is 1. The average molecular weight is 435 g/mol. The number of fused-ring (bicyclic) bond motifs is 1. The van der Waals surface area contributed by atoms with Gasteiger partial charge in [0.05, 0.1) is 11.4 Å². The number of anilines is 1. The highest BCUT2D eigenvalue weighted by molar-refractivity contribution is 5.88. The molecule has 5 rings (SSSR count). The second-order valence-corrected chi connectivity index (χ2v) is 10.0. The number of carbonyl (C=O) groups is 1. The number of ether oxygens (including phenoxy) is 1. The fraction of sp³-hybridized carbons (Fsp3) is 0.577. The molecule has 0 spiro atoms. The molecule has 1 amide bonds. The van der Waals surface area contributed by atoms with Crippen LogP contribution >= 0.6 is 0 Å². The first-order chi connectivity index (χ1) is 15.6. The van der Waals surface area contributed by atoms with Gasteiger partial charge in [-0.25, -0.2) is 0 Å². The second-order valence-electron chi connectivity index (χ2n) is 10.0.